The Hall–Kier alpha value is -3.88. The highest BCUT2D eigenvalue weighted by molar-refractivity contribution is 5.96. The molecule has 9 nitrogen and oxygen atoms in total. The predicted octanol–water partition coefficient (Wildman–Crippen LogP) is 2.90. The highest BCUT2D eigenvalue weighted by atomic mass is 16.5. The fraction of sp³-hybridized carbons (Fsp3) is 0.304. The van der Waals surface area contributed by atoms with Gasteiger partial charge in [0.05, 0.1) is 14.2 Å². The molecule has 5 rings (SSSR count). The number of amides is 1. The lowest BCUT2D eigenvalue weighted by Crippen LogP contribution is -2.39. The van der Waals surface area contributed by atoms with E-state index in [0.29, 0.717) is 47.1 Å². The molecular formula is C23H24N6O3. The molecule has 164 valence electrons. The second-order valence-electron chi connectivity index (χ2n) is 7.85. The number of aromatic nitrogens is 4. The Morgan fingerprint density at radius 3 is 2.78 bits per heavy atom. The standard InChI is InChI=1S/C23H24N6O3/c1-31-16-8-3-6-14(12-16)22(30)28-11-5-7-15(13-28)20-26-21-17-9-4-10-18(32-2)19(17)25-23(24)29(21)27-20/h3-4,6,8-10,12,15H,5,7,11,13H2,1-2H3,(H2,24,25)/t15-/m1/s1. The van der Waals surface area contributed by atoms with Crippen molar-refractivity contribution < 1.29 is 14.3 Å². The van der Waals surface area contributed by atoms with Crippen LogP contribution in [0.5, 0.6) is 11.5 Å². The third kappa shape index (κ3) is 3.35. The van der Waals surface area contributed by atoms with Crippen LogP contribution in [-0.2, 0) is 0 Å². The molecule has 1 fully saturated rings. The van der Waals surface area contributed by atoms with Crippen LogP contribution in [0.3, 0.4) is 0 Å². The van der Waals surface area contributed by atoms with Gasteiger partial charge in [0.2, 0.25) is 5.95 Å². The van der Waals surface area contributed by atoms with E-state index < -0.39 is 0 Å². The molecule has 1 atom stereocenters. The summed E-state index contributed by atoms with van der Waals surface area (Å²) in [5, 5.41) is 5.47. The van der Waals surface area contributed by atoms with E-state index in [0.717, 1.165) is 18.2 Å². The second-order valence-corrected chi connectivity index (χ2v) is 7.85. The lowest BCUT2D eigenvalue weighted by atomic mass is 9.96. The number of piperidine rings is 1. The minimum atomic E-state index is -0.0197. The number of rotatable bonds is 4. The van der Waals surface area contributed by atoms with Crippen molar-refractivity contribution in [3.63, 3.8) is 0 Å². The zero-order chi connectivity index (χ0) is 22.2. The van der Waals surface area contributed by atoms with E-state index in [2.05, 4.69) is 10.1 Å². The van der Waals surface area contributed by atoms with Gasteiger partial charge in [0.25, 0.3) is 5.91 Å². The summed E-state index contributed by atoms with van der Waals surface area (Å²) >= 11 is 0. The fourth-order valence-corrected chi connectivity index (χ4v) is 4.29. The summed E-state index contributed by atoms with van der Waals surface area (Å²) in [5.41, 5.74) is 8.08. The Morgan fingerprint density at radius 2 is 1.97 bits per heavy atom. The molecule has 1 aliphatic rings. The molecule has 0 spiro atoms. The van der Waals surface area contributed by atoms with Crippen molar-refractivity contribution in [3.8, 4) is 11.5 Å². The van der Waals surface area contributed by atoms with Gasteiger partial charge in [-0.1, -0.05) is 12.1 Å². The topological polar surface area (TPSA) is 108 Å². The molecule has 1 aliphatic heterocycles. The number of ether oxygens (including phenoxy) is 2. The third-order valence-corrected chi connectivity index (χ3v) is 5.92. The first kappa shape index (κ1) is 20.0. The number of nitrogens with two attached hydrogens (primary N) is 1. The van der Waals surface area contributed by atoms with Gasteiger partial charge in [-0.15, -0.1) is 5.10 Å². The highest BCUT2D eigenvalue weighted by Crippen LogP contribution is 2.31. The van der Waals surface area contributed by atoms with Gasteiger partial charge < -0.3 is 20.1 Å². The predicted molar refractivity (Wildman–Crippen MR) is 120 cm³/mol. The van der Waals surface area contributed by atoms with Crippen LogP contribution in [0.25, 0.3) is 16.6 Å². The number of likely N-dealkylation sites (tertiary alicyclic amines) is 1. The summed E-state index contributed by atoms with van der Waals surface area (Å²) in [6.45, 7) is 1.24. The van der Waals surface area contributed by atoms with E-state index in [1.54, 1.807) is 24.8 Å². The normalized spacial score (nSPS) is 16.4. The second kappa shape index (κ2) is 7.99. The minimum absolute atomic E-state index is 0.0123. The number of methoxy groups -OCH3 is 2. The van der Waals surface area contributed by atoms with E-state index in [4.69, 9.17) is 20.2 Å². The average molecular weight is 432 g/mol. The van der Waals surface area contributed by atoms with Crippen molar-refractivity contribution in [2.45, 2.75) is 18.8 Å². The third-order valence-electron chi connectivity index (χ3n) is 5.92. The van der Waals surface area contributed by atoms with Crippen LogP contribution < -0.4 is 15.2 Å². The van der Waals surface area contributed by atoms with Gasteiger partial charge in [-0.05, 0) is 43.2 Å². The molecule has 0 saturated carbocycles. The summed E-state index contributed by atoms with van der Waals surface area (Å²) in [4.78, 5) is 24.2. The Labute approximate surface area is 184 Å². The first-order valence-corrected chi connectivity index (χ1v) is 10.5. The van der Waals surface area contributed by atoms with Crippen LogP contribution in [0, 0.1) is 0 Å². The fourth-order valence-electron chi connectivity index (χ4n) is 4.29. The summed E-state index contributed by atoms with van der Waals surface area (Å²) in [6.07, 6.45) is 1.77. The largest absolute Gasteiger partial charge is 0.497 e. The minimum Gasteiger partial charge on any atom is -0.497 e. The van der Waals surface area contributed by atoms with Crippen molar-refractivity contribution >= 4 is 28.4 Å². The number of para-hydroxylation sites is 1. The van der Waals surface area contributed by atoms with Crippen LogP contribution in [0.15, 0.2) is 42.5 Å². The average Bonchev–Trinajstić information content (AvgIpc) is 3.30. The van der Waals surface area contributed by atoms with Crippen molar-refractivity contribution in [1.29, 1.82) is 0 Å². The number of fused-ring (bicyclic) bond motifs is 3. The molecule has 4 aromatic rings. The zero-order valence-electron chi connectivity index (χ0n) is 18.0. The monoisotopic (exact) mass is 432 g/mol. The van der Waals surface area contributed by atoms with Crippen LogP contribution >= 0.6 is 0 Å². The summed E-state index contributed by atoms with van der Waals surface area (Å²) in [7, 11) is 3.19. The Balaban J connectivity index is 1.48. The highest BCUT2D eigenvalue weighted by Gasteiger charge is 2.29. The van der Waals surface area contributed by atoms with Crippen LogP contribution in [-0.4, -0.2) is 57.7 Å². The van der Waals surface area contributed by atoms with Crippen LogP contribution in [0.4, 0.5) is 5.95 Å². The van der Waals surface area contributed by atoms with Crippen molar-refractivity contribution in [2.24, 2.45) is 0 Å². The molecule has 2 N–H and O–H groups in total. The molecule has 0 bridgehead atoms. The van der Waals surface area contributed by atoms with Gasteiger partial charge >= 0.3 is 0 Å². The number of carbonyl (C=O) groups is 1. The summed E-state index contributed by atoms with van der Waals surface area (Å²) < 4.78 is 12.3. The van der Waals surface area contributed by atoms with Gasteiger partial charge in [-0.3, -0.25) is 4.79 Å². The number of nitrogen functional groups attached to an aromatic ring is 1. The Morgan fingerprint density at radius 1 is 1.12 bits per heavy atom. The van der Waals surface area contributed by atoms with Crippen LogP contribution in [0.2, 0.25) is 0 Å². The maximum atomic E-state index is 13.1. The van der Waals surface area contributed by atoms with Crippen LogP contribution in [0.1, 0.15) is 34.9 Å². The summed E-state index contributed by atoms with van der Waals surface area (Å²) in [5.74, 6) is 2.20. The molecule has 0 unspecified atom stereocenters. The molecular weight excluding hydrogens is 408 g/mol. The SMILES string of the molecule is COc1cccc(C(=O)N2CCC[C@@H](c3nc4c5cccc(OC)c5nc(N)n4n3)C2)c1. The quantitative estimate of drug-likeness (QED) is 0.528. The molecule has 9 heteroatoms. The maximum Gasteiger partial charge on any atom is 0.254 e. The van der Waals surface area contributed by atoms with E-state index >= 15 is 0 Å². The molecule has 3 heterocycles. The van der Waals surface area contributed by atoms with Gasteiger partial charge in [-0.25, -0.2) is 9.97 Å². The number of carbonyl (C=O) groups excluding carboxylic acids is 1. The van der Waals surface area contributed by atoms with Gasteiger partial charge in [0.1, 0.15) is 17.0 Å². The van der Waals surface area contributed by atoms with E-state index in [-0.39, 0.29) is 17.8 Å². The smallest absolute Gasteiger partial charge is 0.254 e. The van der Waals surface area contributed by atoms with E-state index in [1.165, 1.54) is 0 Å². The molecule has 0 radical (unpaired) electrons. The lowest BCUT2D eigenvalue weighted by molar-refractivity contribution is 0.0704. The number of nitrogens with zero attached hydrogens (tertiary/aromatic N) is 5. The van der Waals surface area contributed by atoms with Crippen molar-refractivity contribution in [3.05, 3.63) is 53.9 Å². The van der Waals surface area contributed by atoms with Gasteiger partial charge in [0.15, 0.2) is 11.5 Å². The lowest BCUT2D eigenvalue weighted by Gasteiger charge is -2.31. The van der Waals surface area contributed by atoms with E-state index in [1.807, 2.05) is 41.3 Å². The zero-order valence-corrected chi connectivity index (χ0v) is 18.0. The van der Waals surface area contributed by atoms with Crippen molar-refractivity contribution in [1.82, 2.24) is 24.5 Å². The first-order valence-electron chi connectivity index (χ1n) is 10.5. The number of benzene rings is 2. The summed E-state index contributed by atoms with van der Waals surface area (Å²) in [6, 6.07) is 12.9. The van der Waals surface area contributed by atoms with Crippen molar-refractivity contribution in [2.75, 3.05) is 33.0 Å². The Bertz CT molecular complexity index is 1320. The number of hydrogen-bond donors (Lipinski definition) is 1. The molecule has 2 aromatic carbocycles. The maximum absolute atomic E-state index is 13.1. The number of hydrogen-bond acceptors (Lipinski definition) is 7. The van der Waals surface area contributed by atoms with Gasteiger partial charge in [0, 0.05) is 30.0 Å². The molecule has 2 aromatic heterocycles. The molecule has 32 heavy (non-hydrogen) atoms. The van der Waals surface area contributed by atoms with Gasteiger partial charge in [-0.2, -0.15) is 4.52 Å². The number of anilines is 1. The molecule has 1 amide bonds. The first-order chi connectivity index (χ1) is 15.6. The molecule has 1 saturated heterocycles. The molecule has 0 aliphatic carbocycles. The Kier molecular flexibility index (Phi) is 5.01. The van der Waals surface area contributed by atoms with E-state index in [9.17, 15) is 4.79 Å².